The van der Waals surface area contributed by atoms with Gasteiger partial charge in [-0.15, -0.1) is 6.58 Å². The second-order valence-electron chi connectivity index (χ2n) is 3.77. The Morgan fingerprint density at radius 2 is 1.83 bits per heavy atom. The minimum Gasteiger partial charge on any atom is -0.198 e. The van der Waals surface area contributed by atoms with Crippen molar-refractivity contribution < 1.29 is 0 Å². The Hall–Kier alpha value is -0.770. The van der Waals surface area contributed by atoms with Gasteiger partial charge in [0.05, 0.1) is 6.07 Å². The fourth-order valence-corrected chi connectivity index (χ4v) is 2.04. The summed E-state index contributed by atoms with van der Waals surface area (Å²) in [6.07, 6.45) is 9.07. The molecule has 1 aliphatic carbocycles. The SMILES string of the molecule is C=CC[C@H]1CC[C@H](CC#N)CC1. The highest BCUT2D eigenvalue weighted by Gasteiger charge is 2.19. The Morgan fingerprint density at radius 1 is 1.25 bits per heavy atom. The average Bonchev–Trinajstić information content (AvgIpc) is 2.09. The number of nitriles is 1. The zero-order valence-electron chi connectivity index (χ0n) is 7.63. The van der Waals surface area contributed by atoms with Crippen molar-refractivity contribution in [1.82, 2.24) is 0 Å². The van der Waals surface area contributed by atoms with Gasteiger partial charge in [0.15, 0.2) is 0 Å². The van der Waals surface area contributed by atoms with Crippen LogP contribution < -0.4 is 0 Å². The highest BCUT2D eigenvalue weighted by Crippen LogP contribution is 2.32. The summed E-state index contributed by atoms with van der Waals surface area (Å²) in [5, 5.41) is 8.52. The highest BCUT2D eigenvalue weighted by atomic mass is 14.3. The molecule has 0 bridgehead atoms. The van der Waals surface area contributed by atoms with Crippen LogP contribution in [0.2, 0.25) is 0 Å². The number of hydrogen-bond donors (Lipinski definition) is 0. The normalized spacial score (nSPS) is 29.2. The Balaban J connectivity index is 2.21. The molecule has 0 spiro atoms. The molecule has 0 aliphatic heterocycles. The summed E-state index contributed by atoms with van der Waals surface area (Å²) in [5.41, 5.74) is 0. The van der Waals surface area contributed by atoms with Gasteiger partial charge in [0, 0.05) is 6.42 Å². The summed E-state index contributed by atoms with van der Waals surface area (Å²) < 4.78 is 0. The van der Waals surface area contributed by atoms with Crippen LogP contribution in [0, 0.1) is 23.2 Å². The molecule has 0 aromatic carbocycles. The first kappa shape index (κ1) is 9.32. The lowest BCUT2D eigenvalue weighted by molar-refractivity contribution is 0.279. The van der Waals surface area contributed by atoms with Gasteiger partial charge >= 0.3 is 0 Å². The van der Waals surface area contributed by atoms with E-state index in [-0.39, 0.29) is 0 Å². The molecule has 1 nitrogen and oxygen atoms in total. The summed E-state index contributed by atoms with van der Waals surface area (Å²) in [6.45, 7) is 3.76. The summed E-state index contributed by atoms with van der Waals surface area (Å²) >= 11 is 0. The first-order chi connectivity index (χ1) is 5.86. The summed E-state index contributed by atoms with van der Waals surface area (Å²) in [4.78, 5) is 0. The molecular formula is C11H17N. The minimum absolute atomic E-state index is 0.691. The zero-order valence-corrected chi connectivity index (χ0v) is 7.63. The van der Waals surface area contributed by atoms with E-state index in [1.54, 1.807) is 0 Å². The van der Waals surface area contributed by atoms with E-state index in [1.165, 1.54) is 32.1 Å². The summed E-state index contributed by atoms with van der Waals surface area (Å²) in [5.74, 6) is 1.55. The van der Waals surface area contributed by atoms with Crippen LogP contribution in [0.4, 0.5) is 0 Å². The quantitative estimate of drug-likeness (QED) is 0.586. The van der Waals surface area contributed by atoms with Crippen molar-refractivity contribution in [1.29, 1.82) is 5.26 Å². The summed E-state index contributed by atoms with van der Waals surface area (Å²) in [6, 6.07) is 2.26. The molecule has 0 N–H and O–H groups in total. The lowest BCUT2D eigenvalue weighted by Crippen LogP contribution is -2.13. The predicted molar refractivity (Wildman–Crippen MR) is 50.5 cm³/mol. The molecule has 1 rings (SSSR count). The van der Waals surface area contributed by atoms with Gasteiger partial charge in [-0.2, -0.15) is 5.26 Å². The minimum atomic E-state index is 0.691. The standard InChI is InChI=1S/C11H17N/c1-2-3-10-4-6-11(7-5-10)8-9-12/h2,10-11H,1,3-8H2/t10-,11-. The van der Waals surface area contributed by atoms with Crippen LogP contribution in [-0.2, 0) is 0 Å². The molecule has 0 aromatic rings. The third-order valence-corrected chi connectivity index (χ3v) is 2.85. The molecule has 0 unspecified atom stereocenters. The molecule has 0 amide bonds. The predicted octanol–water partition coefficient (Wildman–Crippen LogP) is 3.28. The third kappa shape index (κ3) is 2.70. The molecule has 0 radical (unpaired) electrons. The number of allylic oxidation sites excluding steroid dienone is 1. The number of nitrogens with zero attached hydrogens (tertiary/aromatic N) is 1. The summed E-state index contributed by atoms with van der Waals surface area (Å²) in [7, 11) is 0. The van der Waals surface area contributed by atoms with Gasteiger partial charge in [-0.25, -0.2) is 0 Å². The van der Waals surface area contributed by atoms with E-state index in [4.69, 9.17) is 5.26 Å². The van der Waals surface area contributed by atoms with Crippen LogP contribution in [0.25, 0.3) is 0 Å². The molecular weight excluding hydrogens is 146 g/mol. The Labute approximate surface area is 75.1 Å². The van der Waals surface area contributed by atoms with Crippen molar-refractivity contribution in [2.45, 2.75) is 38.5 Å². The van der Waals surface area contributed by atoms with Crippen molar-refractivity contribution in [3.63, 3.8) is 0 Å². The van der Waals surface area contributed by atoms with Gasteiger partial charge in [0.25, 0.3) is 0 Å². The topological polar surface area (TPSA) is 23.8 Å². The Bertz CT molecular complexity index is 170. The van der Waals surface area contributed by atoms with Crippen LogP contribution in [0.15, 0.2) is 12.7 Å². The second-order valence-corrected chi connectivity index (χ2v) is 3.77. The van der Waals surface area contributed by atoms with Crippen LogP contribution >= 0.6 is 0 Å². The average molecular weight is 163 g/mol. The number of hydrogen-bond acceptors (Lipinski definition) is 1. The Kier molecular flexibility index (Phi) is 3.87. The molecule has 0 heterocycles. The van der Waals surface area contributed by atoms with E-state index < -0.39 is 0 Å². The van der Waals surface area contributed by atoms with Gasteiger partial charge < -0.3 is 0 Å². The van der Waals surface area contributed by atoms with Crippen molar-refractivity contribution in [3.05, 3.63) is 12.7 Å². The van der Waals surface area contributed by atoms with E-state index in [0.29, 0.717) is 5.92 Å². The molecule has 12 heavy (non-hydrogen) atoms. The van der Waals surface area contributed by atoms with E-state index >= 15 is 0 Å². The lowest BCUT2D eigenvalue weighted by Gasteiger charge is -2.26. The van der Waals surface area contributed by atoms with E-state index in [2.05, 4.69) is 12.6 Å². The molecule has 1 aliphatic rings. The smallest absolute Gasteiger partial charge is 0.0624 e. The van der Waals surface area contributed by atoms with Gasteiger partial charge in [-0.05, 0) is 43.9 Å². The highest BCUT2D eigenvalue weighted by molar-refractivity contribution is 4.83. The van der Waals surface area contributed by atoms with Crippen LogP contribution in [0.1, 0.15) is 38.5 Å². The maximum absolute atomic E-state index is 8.52. The fourth-order valence-electron chi connectivity index (χ4n) is 2.04. The Morgan fingerprint density at radius 3 is 2.33 bits per heavy atom. The van der Waals surface area contributed by atoms with E-state index in [0.717, 1.165) is 12.3 Å². The van der Waals surface area contributed by atoms with E-state index in [9.17, 15) is 0 Å². The molecule has 0 aromatic heterocycles. The maximum atomic E-state index is 8.52. The van der Waals surface area contributed by atoms with Crippen LogP contribution in [-0.4, -0.2) is 0 Å². The maximum Gasteiger partial charge on any atom is 0.0624 e. The van der Waals surface area contributed by atoms with Gasteiger partial charge in [-0.3, -0.25) is 0 Å². The molecule has 1 fully saturated rings. The van der Waals surface area contributed by atoms with Crippen LogP contribution in [0.5, 0.6) is 0 Å². The van der Waals surface area contributed by atoms with Crippen molar-refractivity contribution >= 4 is 0 Å². The van der Waals surface area contributed by atoms with Crippen molar-refractivity contribution in [3.8, 4) is 6.07 Å². The van der Waals surface area contributed by atoms with Crippen molar-refractivity contribution in [2.75, 3.05) is 0 Å². The molecule has 66 valence electrons. The largest absolute Gasteiger partial charge is 0.198 e. The van der Waals surface area contributed by atoms with Crippen LogP contribution in [0.3, 0.4) is 0 Å². The van der Waals surface area contributed by atoms with Crippen molar-refractivity contribution in [2.24, 2.45) is 11.8 Å². The number of rotatable bonds is 3. The van der Waals surface area contributed by atoms with Gasteiger partial charge in [0.1, 0.15) is 0 Å². The first-order valence-electron chi connectivity index (χ1n) is 4.84. The van der Waals surface area contributed by atoms with E-state index in [1.807, 2.05) is 6.08 Å². The van der Waals surface area contributed by atoms with Gasteiger partial charge in [0.2, 0.25) is 0 Å². The molecule has 1 heteroatoms. The lowest BCUT2D eigenvalue weighted by atomic mass is 9.79. The molecule has 1 saturated carbocycles. The first-order valence-corrected chi connectivity index (χ1v) is 4.84. The monoisotopic (exact) mass is 163 g/mol. The molecule has 0 saturated heterocycles. The molecule has 0 atom stereocenters. The zero-order chi connectivity index (χ0) is 8.81. The fraction of sp³-hybridized carbons (Fsp3) is 0.727. The third-order valence-electron chi connectivity index (χ3n) is 2.85. The van der Waals surface area contributed by atoms with Gasteiger partial charge in [-0.1, -0.05) is 6.08 Å². The second kappa shape index (κ2) is 4.98.